The number of carbonyl (C=O) groups is 2. The van der Waals surface area contributed by atoms with Crippen molar-refractivity contribution >= 4 is 29.1 Å². The molecule has 0 aromatic heterocycles. The normalized spacial score (nSPS) is 7.44. The van der Waals surface area contributed by atoms with Crippen LogP contribution in [0.15, 0.2) is 0 Å². The van der Waals surface area contributed by atoms with Gasteiger partial charge in [0.05, 0.1) is 24.6 Å². The highest BCUT2D eigenvalue weighted by atomic mass is 31.1. The number of carbonyl (C=O) groups excluding carboxylic acids is 2. The van der Waals surface area contributed by atoms with Crippen LogP contribution in [0.2, 0.25) is 0 Å². The Kier molecular flexibility index (Phi) is 44.1. The predicted octanol–water partition coefficient (Wildman–Crippen LogP) is 0.386. The third-order valence-corrected chi connectivity index (χ3v) is 3.46. The Hall–Kier alpha value is -0.200. The topological polar surface area (TPSA) is 80.3 Å². The fourth-order valence-corrected chi connectivity index (χ4v) is 1.73. The zero-order valence-electron chi connectivity index (χ0n) is 12.6. The number of hydrogen-bond donors (Lipinski definition) is 0. The van der Waals surface area contributed by atoms with Crippen LogP contribution in [0, 0.1) is 0 Å². The highest BCUT2D eigenvalue weighted by Gasteiger charge is 1.76. The summed E-state index contributed by atoms with van der Waals surface area (Å²) >= 11 is 0. The van der Waals surface area contributed by atoms with Crippen LogP contribution in [-0.4, -0.2) is 36.6 Å². The third kappa shape index (κ3) is 240. The molecule has 6 heteroatoms. The average molecular weight is 300 g/mol. The quantitative estimate of drug-likeness (QED) is 0.703. The fraction of sp³-hybridized carbons (Fsp3) is 0.833. The van der Waals surface area contributed by atoms with Crippen LogP contribution in [0.4, 0.5) is 0 Å². The number of rotatable bonds is 4. The minimum Gasteiger partial charge on any atom is -0.550 e. The number of carboxylic acid groups (broad SMARTS) is 2. The third-order valence-electron chi connectivity index (χ3n) is 1.15. The van der Waals surface area contributed by atoms with Gasteiger partial charge in [-0.15, -0.1) is 0 Å². The smallest absolute Gasteiger partial charge is 0.0521 e. The van der Waals surface area contributed by atoms with E-state index in [1.54, 1.807) is 0 Å². The lowest BCUT2D eigenvalue weighted by atomic mass is 10.9. The molecule has 0 aromatic carbocycles. The summed E-state index contributed by atoms with van der Waals surface area (Å²) < 4.78 is 0. The van der Waals surface area contributed by atoms with Gasteiger partial charge >= 0.3 is 0 Å². The van der Waals surface area contributed by atoms with E-state index < -0.39 is 11.9 Å². The SMILES string of the molecule is CC(=O)[O-].CC(=O)[O-].CC[PH2+]CC.CC[PH2+]CC. The van der Waals surface area contributed by atoms with E-state index in [9.17, 15) is 0 Å². The second kappa shape index (κ2) is 30.1. The van der Waals surface area contributed by atoms with Crippen molar-refractivity contribution in [2.75, 3.05) is 24.6 Å². The van der Waals surface area contributed by atoms with Gasteiger partial charge in [0.15, 0.2) is 0 Å². The van der Waals surface area contributed by atoms with Crippen molar-refractivity contribution in [3.63, 3.8) is 0 Å². The van der Waals surface area contributed by atoms with Gasteiger partial charge in [-0.2, -0.15) is 0 Å². The average Bonchev–Trinajstić information content (AvgIpc) is 2.19. The zero-order chi connectivity index (χ0) is 15.4. The molecular formula is C12H30O4P2. The monoisotopic (exact) mass is 300 g/mol. The van der Waals surface area contributed by atoms with E-state index >= 15 is 0 Å². The van der Waals surface area contributed by atoms with Crippen LogP contribution in [-0.2, 0) is 9.59 Å². The maximum Gasteiger partial charge on any atom is 0.0521 e. The van der Waals surface area contributed by atoms with Crippen LogP contribution in [0.25, 0.3) is 0 Å². The Labute approximate surface area is 116 Å². The maximum absolute atomic E-state index is 8.89. The van der Waals surface area contributed by atoms with E-state index in [0.717, 1.165) is 31.0 Å². The van der Waals surface area contributed by atoms with Crippen molar-refractivity contribution in [1.29, 1.82) is 0 Å². The molecule has 0 bridgehead atoms. The van der Waals surface area contributed by atoms with Crippen molar-refractivity contribution in [2.45, 2.75) is 41.5 Å². The molecule has 0 atom stereocenters. The van der Waals surface area contributed by atoms with E-state index in [1.807, 2.05) is 0 Å². The predicted molar refractivity (Wildman–Crippen MR) is 82.9 cm³/mol. The van der Waals surface area contributed by atoms with Crippen LogP contribution in [0.5, 0.6) is 0 Å². The molecule has 0 aliphatic heterocycles. The van der Waals surface area contributed by atoms with E-state index in [-0.39, 0.29) is 0 Å². The molecule has 112 valence electrons. The molecule has 0 radical (unpaired) electrons. The molecule has 0 amide bonds. The zero-order valence-corrected chi connectivity index (χ0v) is 14.9. The minimum atomic E-state index is -1.08. The first kappa shape index (κ1) is 26.4. The molecule has 0 saturated heterocycles. The molecule has 0 rings (SSSR count). The Balaban J connectivity index is -0.0000000731. The molecule has 0 N–H and O–H groups in total. The second-order valence-electron chi connectivity index (χ2n) is 3.19. The molecule has 0 aliphatic carbocycles. The van der Waals surface area contributed by atoms with Crippen molar-refractivity contribution in [1.82, 2.24) is 0 Å². The van der Waals surface area contributed by atoms with Gasteiger partial charge in [-0.25, -0.2) is 0 Å². The van der Waals surface area contributed by atoms with Crippen LogP contribution in [0.3, 0.4) is 0 Å². The van der Waals surface area contributed by atoms with E-state index in [4.69, 9.17) is 19.8 Å². The van der Waals surface area contributed by atoms with Crippen LogP contribution < -0.4 is 10.2 Å². The van der Waals surface area contributed by atoms with E-state index in [1.165, 1.54) is 24.6 Å². The Morgan fingerprint density at radius 3 is 0.833 bits per heavy atom. The van der Waals surface area contributed by atoms with E-state index in [0.29, 0.717) is 0 Å². The second-order valence-corrected chi connectivity index (χ2v) is 7.61. The van der Waals surface area contributed by atoms with Gasteiger partial charge in [0, 0.05) is 11.9 Å². The molecule has 0 aromatic rings. The van der Waals surface area contributed by atoms with Gasteiger partial charge < -0.3 is 19.8 Å². The summed E-state index contributed by atoms with van der Waals surface area (Å²) in [5.74, 6) is -2.17. The number of carboxylic acids is 2. The first-order valence-corrected chi connectivity index (χ1v) is 9.54. The summed E-state index contributed by atoms with van der Waals surface area (Å²) in [5, 5.41) is 17.8. The fourth-order valence-electron chi connectivity index (χ4n) is 0.577. The molecule has 0 fully saturated rings. The van der Waals surface area contributed by atoms with Gasteiger partial charge in [-0.05, 0) is 58.7 Å². The van der Waals surface area contributed by atoms with Gasteiger partial charge in [-0.3, -0.25) is 0 Å². The Morgan fingerprint density at radius 1 is 0.722 bits per heavy atom. The van der Waals surface area contributed by atoms with Crippen molar-refractivity contribution in [3.8, 4) is 0 Å². The maximum atomic E-state index is 8.89. The van der Waals surface area contributed by atoms with Crippen molar-refractivity contribution < 1.29 is 19.8 Å². The summed E-state index contributed by atoms with van der Waals surface area (Å²) in [4.78, 5) is 17.8. The molecule has 18 heavy (non-hydrogen) atoms. The number of hydrogen-bond acceptors (Lipinski definition) is 4. The first-order valence-electron chi connectivity index (χ1n) is 6.28. The molecule has 0 aliphatic rings. The first-order chi connectivity index (χ1) is 8.29. The summed E-state index contributed by atoms with van der Waals surface area (Å²) in [7, 11) is 1.63. The molecule has 0 saturated carbocycles. The molecule has 4 nitrogen and oxygen atoms in total. The minimum absolute atomic E-state index is 0.815. The Bertz CT molecular complexity index is 134. The standard InChI is InChI=1S/2C4H11P.2C2H4O2/c2*1-3-5-4-2;2*1-2(3)4/h2*5H,3-4H2,1-2H3;2*1H3,(H,3,4). The lowest BCUT2D eigenvalue weighted by molar-refractivity contribution is -0.303. The lowest BCUT2D eigenvalue weighted by Gasteiger charge is -1.77. The summed E-state index contributed by atoms with van der Waals surface area (Å²) in [6.07, 6.45) is 5.71. The molecule has 0 heterocycles. The molecule has 0 unspecified atom stereocenters. The summed E-state index contributed by atoms with van der Waals surface area (Å²) in [6, 6.07) is 0. The molecular weight excluding hydrogens is 270 g/mol. The number of aliphatic carboxylic acids is 2. The van der Waals surface area contributed by atoms with Crippen LogP contribution in [0.1, 0.15) is 41.5 Å². The highest BCUT2D eigenvalue weighted by molar-refractivity contribution is 7.38. The lowest BCUT2D eigenvalue weighted by Crippen LogP contribution is -2.16. The van der Waals surface area contributed by atoms with Crippen molar-refractivity contribution in [3.05, 3.63) is 0 Å². The summed E-state index contributed by atoms with van der Waals surface area (Å²) in [5.41, 5.74) is 0. The Morgan fingerprint density at radius 2 is 0.833 bits per heavy atom. The van der Waals surface area contributed by atoms with Gasteiger partial charge in [0.1, 0.15) is 0 Å². The van der Waals surface area contributed by atoms with Gasteiger partial charge in [-0.1, -0.05) is 0 Å². The largest absolute Gasteiger partial charge is 0.550 e. The van der Waals surface area contributed by atoms with Crippen molar-refractivity contribution in [2.24, 2.45) is 0 Å². The van der Waals surface area contributed by atoms with Crippen LogP contribution >= 0.6 is 17.2 Å². The van der Waals surface area contributed by atoms with Gasteiger partial charge in [0.25, 0.3) is 0 Å². The summed E-state index contributed by atoms with van der Waals surface area (Å²) in [6.45, 7) is 10.9. The van der Waals surface area contributed by atoms with E-state index in [2.05, 4.69) is 27.7 Å². The highest BCUT2D eigenvalue weighted by Crippen LogP contribution is 2.04. The van der Waals surface area contributed by atoms with Gasteiger partial charge in [0.2, 0.25) is 0 Å². The molecule has 0 spiro atoms.